The molecule has 4 rings (SSSR count). The number of carbonyl (C=O) groups is 1. The van der Waals surface area contributed by atoms with E-state index in [1.807, 2.05) is 36.9 Å². The fourth-order valence-corrected chi connectivity index (χ4v) is 4.57. The number of aromatic nitrogens is 2. The van der Waals surface area contributed by atoms with Gasteiger partial charge in [0.1, 0.15) is 0 Å². The van der Waals surface area contributed by atoms with Gasteiger partial charge >= 0.3 is 0 Å². The number of amides is 1. The minimum Gasteiger partial charge on any atom is -0.332 e. The molecule has 2 aromatic heterocycles. The van der Waals surface area contributed by atoms with Gasteiger partial charge in [-0.05, 0) is 32.4 Å². The van der Waals surface area contributed by atoms with Gasteiger partial charge in [-0.15, -0.1) is 11.3 Å². The van der Waals surface area contributed by atoms with Crippen LogP contribution in [0.5, 0.6) is 0 Å². The maximum absolute atomic E-state index is 12.5. The summed E-state index contributed by atoms with van der Waals surface area (Å²) in [6, 6.07) is 6.66. The molecule has 2 aliphatic rings. The molecule has 0 aromatic carbocycles. The summed E-state index contributed by atoms with van der Waals surface area (Å²) in [5, 5.41) is 3.24. The fraction of sp³-hybridized carbons (Fsp3) is 0.500. The summed E-state index contributed by atoms with van der Waals surface area (Å²) in [4.78, 5) is 26.1. The van der Waals surface area contributed by atoms with Crippen LogP contribution < -0.4 is 0 Å². The molecule has 2 aromatic rings. The highest BCUT2D eigenvalue weighted by molar-refractivity contribution is 7.09. The van der Waals surface area contributed by atoms with Crippen LogP contribution in [0.2, 0.25) is 0 Å². The Bertz CT molecular complexity index is 759. The molecule has 0 saturated carbocycles. The van der Waals surface area contributed by atoms with E-state index in [2.05, 4.69) is 20.2 Å². The Labute approximate surface area is 146 Å². The zero-order valence-corrected chi connectivity index (χ0v) is 14.9. The Hall–Kier alpha value is -1.79. The van der Waals surface area contributed by atoms with Crippen molar-refractivity contribution in [3.05, 3.63) is 45.7 Å². The monoisotopic (exact) mass is 342 g/mol. The first kappa shape index (κ1) is 15.7. The van der Waals surface area contributed by atoms with Crippen molar-refractivity contribution in [3.63, 3.8) is 0 Å². The first-order chi connectivity index (χ1) is 11.6. The number of pyridine rings is 1. The number of hydrogen-bond donors (Lipinski definition) is 0. The molecule has 2 saturated heterocycles. The van der Waals surface area contributed by atoms with Gasteiger partial charge in [0.2, 0.25) is 5.91 Å². The minimum atomic E-state index is 0.257. The molecule has 0 N–H and O–H groups in total. The lowest BCUT2D eigenvalue weighted by atomic mass is 10.1. The lowest BCUT2D eigenvalue weighted by Gasteiger charge is -2.25. The van der Waals surface area contributed by atoms with E-state index in [0.717, 1.165) is 41.6 Å². The molecule has 1 amide bonds. The SMILES string of the molecule is Cc1cccc(CN2C(=O)C[C@H]3[C@@H]2CCN3Cc2csc(C)n2)n1. The Kier molecular flexibility index (Phi) is 4.10. The van der Waals surface area contributed by atoms with E-state index < -0.39 is 0 Å². The van der Waals surface area contributed by atoms with E-state index in [1.165, 1.54) is 0 Å². The molecular weight excluding hydrogens is 320 g/mol. The van der Waals surface area contributed by atoms with Crippen LogP contribution >= 0.6 is 11.3 Å². The third-order valence-corrected chi connectivity index (χ3v) is 5.86. The normalized spacial score (nSPS) is 23.9. The van der Waals surface area contributed by atoms with Gasteiger partial charge in [-0.25, -0.2) is 4.98 Å². The van der Waals surface area contributed by atoms with E-state index in [-0.39, 0.29) is 5.91 Å². The highest BCUT2D eigenvalue weighted by atomic mass is 32.1. The number of hydrogen-bond acceptors (Lipinski definition) is 5. The molecule has 0 spiro atoms. The molecule has 0 bridgehead atoms. The van der Waals surface area contributed by atoms with Gasteiger partial charge < -0.3 is 4.90 Å². The molecule has 0 aliphatic carbocycles. The van der Waals surface area contributed by atoms with Crippen LogP contribution in [0.25, 0.3) is 0 Å². The molecule has 2 fully saturated rings. The smallest absolute Gasteiger partial charge is 0.224 e. The Balaban J connectivity index is 1.47. The van der Waals surface area contributed by atoms with Crippen molar-refractivity contribution in [3.8, 4) is 0 Å². The zero-order valence-electron chi connectivity index (χ0n) is 14.1. The van der Waals surface area contributed by atoms with Crippen LogP contribution in [-0.4, -0.2) is 44.3 Å². The highest BCUT2D eigenvalue weighted by Crippen LogP contribution is 2.34. The van der Waals surface area contributed by atoms with E-state index in [4.69, 9.17) is 0 Å². The van der Waals surface area contributed by atoms with E-state index in [1.54, 1.807) is 11.3 Å². The van der Waals surface area contributed by atoms with Crippen LogP contribution in [0.1, 0.15) is 34.9 Å². The van der Waals surface area contributed by atoms with Gasteiger partial charge in [-0.1, -0.05) is 6.07 Å². The van der Waals surface area contributed by atoms with Crippen LogP contribution in [0.4, 0.5) is 0 Å². The van der Waals surface area contributed by atoms with Crippen molar-refractivity contribution in [2.24, 2.45) is 0 Å². The third-order valence-electron chi connectivity index (χ3n) is 5.04. The number of nitrogens with zero attached hydrogens (tertiary/aromatic N) is 4. The molecule has 5 nitrogen and oxygen atoms in total. The average molecular weight is 342 g/mol. The third kappa shape index (κ3) is 2.96. The van der Waals surface area contributed by atoms with Crippen LogP contribution in [0.15, 0.2) is 23.6 Å². The fourth-order valence-electron chi connectivity index (χ4n) is 3.96. The molecule has 4 heterocycles. The second kappa shape index (κ2) is 6.26. The van der Waals surface area contributed by atoms with Crippen molar-refractivity contribution in [2.75, 3.05) is 6.54 Å². The first-order valence-electron chi connectivity index (χ1n) is 8.47. The van der Waals surface area contributed by atoms with Gasteiger partial charge in [0.05, 0.1) is 22.9 Å². The van der Waals surface area contributed by atoms with Crippen molar-refractivity contribution < 1.29 is 4.79 Å². The van der Waals surface area contributed by atoms with Gasteiger partial charge in [-0.3, -0.25) is 14.7 Å². The van der Waals surface area contributed by atoms with Gasteiger partial charge in [-0.2, -0.15) is 0 Å². The maximum atomic E-state index is 12.5. The second-order valence-electron chi connectivity index (χ2n) is 6.75. The van der Waals surface area contributed by atoms with Crippen molar-refractivity contribution >= 4 is 17.2 Å². The van der Waals surface area contributed by atoms with Crippen LogP contribution in [0.3, 0.4) is 0 Å². The van der Waals surface area contributed by atoms with E-state index in [9.17, 15) is 4.79 Å². The van der Waals surface area contributed by atoms with Crippen LogP contribution in [-0.2, 0) is 17.9 Å². The van der Waals surface area contributed by atoms with Crippen molar-refractivity contribution in [1.29, 1.82) is 0 Å². The lowest BCUT2D eigenvalue weighted by Crippen LogP contribution is -2.37. The standard InChI is InChI=1S/C18H22N4OS/c1-12-4-3-5-14(19-12)10-22-16-6-7-21(17(16)8-18(22)23)9-15-11-24-13(2)20-15/h3-5,11,16-17H,6-10H2,1-2H3/t16-,17-/m0/s1. The molecule has 126 valence electrons. The summed E-state index contributed by atoms with van der Waals surface area (Å²) in [6.07, 6.45) is 1.67. The Morgan fingerprint density at radius 1 is 1.17 bits per heavy atom. The lowest BCUT2D eigenvalue weighted by molar-refractivity contribution is -0.129. The number of carbonyl (C=O) groups excluding carboxylic acids is 1. The Morgan fingerprint density at radius 2 is 2.04 bits per heavy atom. The van der Waals surface area contributed by atoms with Crippen molar-refractivity contribution in [2.45, 2.75) is 51.9 Å². The summed E-state index contributed by atoms with van der Waals surface area (Å²) in [5.41, 5.74) is 3.12. The number of fused-ring (bicyclic) bond motifs is 1. The van der Waals surface area contributed by atoms with Gasteiger partial charge in [0.25, 0.3) is 0 Å². The summed E-state index contributed by atoms with van der Waals surface area (Å²) < 4.78 is 0. The summed E-state index contributed by atoms with van der Waals surface area (Å²) in [5.74, 6) is 0.257. The molecule has 6 heteroatoms. The second-order valence-corrected chi connectivity index (χ2v) is 7.81. The average Bonchev–Trinajstić information content (AvgIpc) is 3.20. The first-order valence-corrected chi connectivity index (χ1v) is 9.35. The highest BCUT2D eigenvalue weighted by Gasteiger charge is 2.46. The topological polar surface area (TPSA) is 49.3 Å². The maximum Gasteiger partial charge on any atom is 0.224 e. The summed E-state index contributed by atoms with van der Waals surface area (Å²) in [7, 11) is 0. The summed E-state index contributed by atoms with van der Waals surface area (Å²) >= 11 is 1.69. The number of aryl methyl sites for hydroxylation is 2. The predicted octanol–water partition coefficient (Wildman–Crippen LogP) is 2.53. The Morgan fingerprint density at radius 3 is 2.79 bits per heavy atom. The van der Waals surface area contributed by atoms with Gasteiger partial charge in [0, 0.05) is 42.7 Å². The molecule has 0 radical (unpaired) electrons. The van der Waals surface area contributed by atoms with Crippen LogP contribution in [0, 0.1) is 13.8 Å². The molecule has 0 unspecified atom stereocenters. The molecule has 2 aliphatic heterocycles. The molecule has 2 atom stereocenters. The van der Waals surface area contributed by atoms with E-state index >= 15 is 0 Å². The quantitative estimate of drug-likeness (QED) is 0.857. The molecule has 24 heavy (non-hydrogen) atoms. The number of rotatable bonds is 4. The molecular formula is C18H22N4OS. The van der Waals surface area contributed by atoms with Gasteiger partial charge in [0.15, 0.2) is 0 Å². The largest absolute Gasteiger partial charge is 0.332 e. The number of likely N-dealkylation sites (tertiary alicyclic amines) is 2. The van der Waals surface area contributed by atoms with Crippen molar-refractivity contribution in [1.82, 2.24) is 19.8 Å². The number of thiazole rings is 1. The minimum absolute atomic E-state index is 0.257. The predicted molar refractivity (Wildman–Crippen MR) is 93.6 cm³/mol. The zero-order chi connectivity index (χ0) is 16.7. The summed E-state index contributed by atoms with van der Waals surface area (Å²) in [6.45, 7) is 6.56. The van der Waals surface area contributed by atoms with E-state index in [0.29, 0.717) is 25.0 Å².